The minimum Gasteiger partial charge on any atom is -0.450 e. The minimum absolute atomic E-state index is 0.157. The van der Waals surface area contributed by atoms with Crippen LogP contribution in [0.3, 0.4) is 0 Å². The molecule has 2 aliphatic rings. The zero-order valence-corrected chi connectivity index (χ0v) is 16.1. The Labute approximate surface area is 163 Å². The fraction of sp³-hybridized carbons (Fsp3) is 0.550. The summed E-state index contributed by atoms with van der Waals surface area (Å²) in [6, 6.07) is 6.14. The first kappa shape index (κ1) is 20.1. The van der Waals surface area contributed by atoms with Crippen molar-refractivity contribution in [3.8, 4) is 0 Å². The molecule has 1 N–H and O–H groups in total. The molecule has 0 spiro atoms. The Morgan fingerprint density at radius 1 is 1.07 bits per heavy atom. The standard InChI is InChI=1S/C20H26FN3O4/c1-2-28-19(27)24-13-11-23(12-14-24)18(26)20(8-9-20)17(25)22-10-7-15-3-5-16(21)6-4-15/h3-6H,2,7-14H2,1H3,(H,22,25). The van der Waals surface area contributed by atoms with Crippen molar-refractivity contribution in [3.05, 3.63) is 35.6 Å². The number of halogens is 1. The average molecular weight is 391 g/mol. The second kappa shape index (κ2) is 8.58. The summed E-state index contributed by atoms with van der Waals surface area (Å²) >= 11 is 0. The molecule has 3 rings (SSSR count). The third-order valence-electron chi connectivity index (χ3n) is 5.30. The lowest BCUT2D eigenvalue weighted by molar-refractivity contribution is -0.145. The van der Waals surface area contributed by atoms with E-state index in [4.69, 9.17) is 4.74 Å². The number of hydrogen-bond donors (Lipinski definition) is 1. The highest BCUT2D eigenvalue weighted by atomic mass is 19.1. The molecule has 0 radical (unpaired) electrons. The summed E-state index contributed by atoms with van der Waals surface area (Å²) in [5, 5.41) is 2.85. The van der Waals surface area contributed by atoms with E-state index in [1.54, 1.807) is 28.9 Å². The van der Waals surface area contributed by atoms with E-state index in [2.05, 4.69) is 5.32 Å². The van der Waals surface area contributed by atoms with E-state index in [1.807, 2.05) is 0 Å². The number of amides is 3. The normalized spacial score (nSPS) is 17.8. The first-order chi connectivity index (χ1) is 13.5. The van der Waals surface area contributed by atoms with Crippen LogP contribution in [0.1, 0.15) is 25.3 Å². The number of carbonyl (C=O) groups excluding carboxylic acids is 3. The van der Waals surface area contributed by atoms with Gasteiger partial charge in [-0.15, -0.1) is 0 Å². The molecule has 1 aliphatic carbocycles. The first-order valence-corrected chi connectivity index (χ1v) is 9.70. The largest absolute Gasteiger partial charge is 0.450 e. The smallest absolute Gasteiger partial charge is 0.409 e. The lowest BCUT2D eigenvalue weighted by atomic mass is 10.0. The molecule has 28 heavy (non-hydrogen) atoms. The van der Waals surface area contributed by atoms with Crippen molar-refractivity contribution in [2.75, 3.05) is 39.3 Å². The van der Waals surface area contributed by atoms with Crippen molar-refractivity contribution < 1.29 is 23.5 Å². The van der Waals surface area contributed by atoms with Crippen molar-refractivity contribution in [3.63, 3.8) is 0 Å². The molecule has 152 valence electrons. The maximum Gasteiger partial charge on any atom is 0.409 e. The van der Waals surface area contributed by atoms with E-state index in [9.17, 15) is 18.8 Å². The van der Waals surface area contributed by atoms with Crippen molar-refractivity contribution in [1.29, 1.82) is 0 Å². The van der Waals surface area contributed by atoms with Crippen molar-refractivity contribution in [2.45, 2.75) is 26.2 Å². The Kier molecular flexibility index (Phi) is 6.16. The minimum atomic E-state index is -0.963. The number of rotatable bonds is 6. The molecule has 2 fully saturated rings. The van der Waals surface area contributed by atoms with Crippen LogP contribution in [-0.2, 0) is 20.7 Å². The molecule has 0 bridgehead atoms. The van der Waals surface area contributed by atoms with Crippen LogP contribution < -0.4 is 5.32 Å². The number of piperazine rings is 1. The van der Waals surface area contributed by atoms with E-state index < -0.39 is 5.41 Å². The molecule has 7 nitrogen and oxygen atoms in total. The summed E-state index contributed by atoms with van der Waals surface area (Å²) in [6.07, 6.45) is 1.31. The average Bonchev–Trinajstić information content (AvgIpc) is 3.51. The first-order valence-electron chi connectivity index (χ1n) is 9.70. The summed E-state index contributed by atoms with van der Waals surface area (Å²) in [6.45, 7) is 4.10. The van der Waals surface area contributed by atoms with Gasteiger partial charge in [0, 0.05) is 32.7 Å². The van der Waals surface area contributed by atoms with Crippen LogP contribution in [-0.4, -0.2) is 67.0 Å². The van der Waals surface area contributed by atoms with Crippen LogP contribution in [0.2, 0.25) is 0 Å². The predicted octanol–water partition coefficient (Wildman–Crippen LogP) is 1.57. The molecule has 1 aromatic carbocycles. The zero-order chi connectivity index (χ0) is 20.1. The molecule has 0 unspecified atom stereocenters. The van der Waals surface area contributed by atoms with Crippen molar-refractivity contribution in [1.82, 2.24) is 15.1 Å². The van der Waals surface area contributed by atoms with Gasteiger partial charge in [-0.2, -0.15) is 0 Å². The molecular formula is C20H26FN3O4. The summed E-state index contributed by atoms with van der Waals surface area (Å²) in [5.74, 6) is -0.693. The Morgan fingerprint density at radius 3 is 2.25 bits per heavy atom. The second-order valence-corrected chi connectivity index (χ2v) is 7.19. The van der Waals surface area contributed by atoms with Gasteiger partial charge < -0.3 is 19.9 Å². The maximum absolute atomic E-state index is 12.9. The summed E-state index contributed by atoms with van der Waals surface area (Å²) < 4.78 is 17.9. The summed E-state index contributed by atoms with van der Waals surface area (Å²) in [7, 11) is 0. The van der Waals surface area contributed by atoms with Gasteiger partial charge in [0.15, 0.2) is 0 Å². The predicted molar refractivity (Wildman–Crippen MR) is 100.0 cm³/mol. The topological polar surface area (TPSA) is 79.0 Å². The van der Waals surface area contributed by atoms with Gasteiger partial charge in [0.2, 0.25) is 11.8 Å². The highest BCUT2D eigenvalue weighted by molar-refractivity contribution is 6.07. The molecule has 1 heterocycles. The van der Waals surface area contributed by atoms with Crippen LogP contribution in [0.15, 0.2) is 24.3 Å². The van der Waals surface area contributed by atoms with Gasteiger partial charge in [-0.3, -0.25) is 9.59 Å². The molecule has 0 atom stereocenters. The lowest BCUT2D eigenvalue weighted by Gasteiger charge is -2.35. The van der Waals surface area contributed by atoms with Gasteiger partial charge in [-0.1, -0.05) is 12.1 Å². The molecule has 1 aromatic rings. The Balaban J connectivity index is 1.47. The maximum atomic E-state index is 12.9. The fourth-order valence-corrected chi connectivity index (χ4v) is 3.41. The van der Waals surface area contributed by atoms with Crippen molar-refractivity contribution >= 4 is 17.9 Å². The fourth-order valence-electron chi connectivity index (χ4n) is 3.41. The molecule has 0 aromatic heterocycles. The molecule has 1 aliphatic heterocycles. The van der Waals surface area contributed by atoms with E-state index in [1.165, 1.54) is 12.1 Å². The number of ether oxygens (including phenoxy) is 1. The van der Waals surface area contributed by atoms with Gasteiger partial charge in [-0.05, 0) is 43.9 Å². The Bertz CT molecular complexity index is 725. The number of benzene rings is 1. The number of carbonyl (C=O) groups is 3. The van der Waals surface area contributed by atoms with E-state index in [0.29, 0.717) is 58.6 Å². The monoisotopic (exact) mass is 391 g/mol. The molecule has 1 saturated heterocycles. The summed E-state index contributed by atoms with van der Waals surface area (Å²) in [4.78, 5) is 40.5. The highest BCUT2D eigenvalue weighted by Gasteiger charge is 2.58. The molecular weight excluding hydrogens is 365 g/mol. The van der Waals surface area contributed by atoms with Crippen LogP contribution in [0, 0.1) is 11.2 Å². The van der Waals surface area contributed by atoms with Crippen LogP contribution in [0.5, 0.6) is 0 Å². The zero-order valence-electron chi connectivity index (χ0n) is 16.1. The van der Waals surface area contributed by atoms with Crippen LogP contribution in [0.4, 0.5) is 9.18 Å². The Morgan fingerprint density at radius 2 is 1.68 bits per heavy atom. The Hall–Kier alpha value is -2.64. The van der Waals surface area contributed by atoms with Gasteiger partial charge in [0.25, 0.3) is 0 Å². The second-order valence-electron chi connectivity index (χ2n) is 7.19. The third kappa shape index (κ3) is 4.43. The van der Waals surface area contributed by atoms with Gasteiger partial charge in [0.05, 0.1) is 6.61 Å². The van der Waals surface area contributed by atoms with Gasteiger partial charge in [0.1, 0.15) is 11.2 Å². The number of hydrogen-bond acceptors (Lipinski definition) is 4. The third-order valence-corrected chi connectivity index (χ3v) is 5.30. The van der Waals surface area contributed by atoms with E-state index in [-0.39, 0.29) is 23.7 Å². The van der Waals surface area contributed by atoms with E-state index >= 15 is 0 Å². The number of nitrogens with one attached hydrogen (secondary N) is 1. The van der Waals surface area contributed by atoms with E-state index in [0.717, 1.165) is 5.56 Å². The molecule has 8 heteroatoms. The van der Waals surface area contributed by atoms with Crippen LogP contribution >= 0.6 is 0 Å². The number of nitrogens with zero attached hydrogens (tertiary/aromatic N) is 2. The van der Waals surface area contributed by atoms with Crippen molar-refractivity contribution in [2.24, 2.45) is 5.41 Å². The van der Waals surface area contributed by atoms with Crippen LogP contribution in [0.25, 0.3) is 0 Å². The quantitative estimate of drug-likeness (QED) is 0.747. The lowest BCUT2D eigenvalue weighted by Crippen LogP contribution is -2.54. The molecule has 3 amide bonds. The van der Waals surface area contributed by atoms with Gasteiger partial charge in [-0.25, -0.2) is 9.18 Å². The summed E-state index contributed by atoms with van der Waals surface area (Å²) in [5.41, 5.74) is -0.0394. The van der Waals surface area contributed by atoms with Gasteiger partial charge >= 0.3 is 6.09 Å². The highest BCUT2D eigenvalue weighted by Crippen LogP contribution is 2.47. The molecule has 1 saturated carbocycles. The SMILES string of the molecule is CCOC(=O)N1CCN(C(=O)C2(C(=O)NCCc3ccc(F)cc3)CC2)CC1.